The standard InChI is InChI=1S/C28H44NO/c1-4-5-6-7-8-9-10-15-22-27(28(30)26-20-16-12-17-21-26)24-29(2,3)23-25-18-13-11-14-19-25/h11-14,16-21,27-28,30H,4-10,15,22-24H2,1-3H3/q+1. The summed E-state index contributed by atoms with van der Waals surface area (Å²) in [5.74, 6) is 0.284. The topological polar surface area (TPSA) is 20.2 Å². The molecule has 0 aromatic heterocycles. The minimum absolute atomic E-state index is 0.284. The van der Waals surface area contributed by atoms with Crippen molar-refractivity contribution in [3.63, 3.8) is 0 Å². The molecular weight excluding hydrogens is 366 g/mol. The summed E-state index contributed by atoms with van der Waals surface area (Å²) < 4.78 is 0.898. The fourth-order valence-corrected chi connectivity index (χ4v) is 4.59. The Labute approximate surface area is 185 Å². The molecule has 0 bridgehead atoms. The molecule has 0 fully saturated rings. The maximum Gasteiger partial charge on any atom is 0.104 e. The first-order valence-electron chi connectivity index (χ1n) is 12.1. The van der Waals surface area contributed by atoms with E-state index in [9.17, 15) is 5.11 Å². The van der Waals surface area contributed by atoms with Gasteiger partial charge in [0, 0.05) is 11.5 Å². The quantitative estimate of drug-likeness (QED) is 0.244. The van der Waals surface area contributed by atoms with E-state index in [0.717, 1.165) is 29.6 Å². The van der Waals surface area contributed by atoms with Crippen LogP contribution in [0.3, 0.4) is 0 Å². The monoisotopic (exact) mass is 410 g/mol. The van der Waals surface area contributed by atoms with Gasteiger partial charge in [0.25, 0.3) is 0 Å². The van der Waals surface area contributed by atoms with Gasteiger partial charge >= 0.3 is 0 Å². The smallest absolute Gasteiger partial charge is 0.104 e. The molecule has 0 radical (unpaired) electrons. The second-order valence-corrected chi connectivity index (χ2v) is 9.64. The van der Waals surface area contributed by atoms with E-state index in [0.29, 0.717) is 0 Å². The number of nitrogens with zero attached hydrogens (tertiary/aromatic N) is 1. The lowest BCUT2D eigenvalue weighted by atomic mass is 9.89. The van der Waals surface area contributed by atoms with Crippen LogP contribution in [0, 0.1) is 5.92 Å². The van der Waals surface area contributed by atoms with Crippen molar-refractivity contribution >= 4 is 0 Å². The van der Waals surface area contributed by atoms with E-state index in [4.69, 9.17) is 0 Å². The molecule has 2 rings (SSSR count). The molecule has 0 saturated heterocycles. The summed E-state index contributed by atoms with van der Waals surface area (Å²) in [7, 11) is 4.59. The van der Waals surface area contributed by atoms with Gasteiger partial charge in [-0.15, -0.1) is 0 Å². The molecule has 2 aromatic rings. The Morgan fingerprint density at radius 1 is 0.733 bits per heavy atom. The summed E-state index contributed by atoms with van der Waals surface area (Å²) in [4.78, 5) is 0. The van der Waals surface area contributed by atoms with Gasteiger partial charge in [-0.1, -0.05) is 119 Å². The van der Waals surface area contributed by atoms with Crippen LogP contribution in [0.5, 0.6) is 0 Å². The van der Waals surface area contributed by atoms with Gasteiger partial charge in [-0.25, -0.2) is 0 Å². The van der Waals surface area contributed by atoms with Crippen LogP contribution in [0.1, 0.15) is 81.9 Å². The first kappa shape index (κ1) is 24.6. The van der Waals surface area contributed by atoms with Crippen molar-refractivity contribution in [2.75, 3.05) is 20.6 Å². The van der Waals surface area contributed by atoms with E-state index in [-0.39, 0.29) is 12.0 Å². The molecule has 166 valence electrons. The highest BCUT2D eigenvalue weighted by molar-refractivity contribution is 5.18. The predicted octanol–water partition coefficient (Wildman–Crippen LogP) is 7.14. The molecule has 1 N–H and O–H groups in total. The summed E-state index contributed by atoms with van der Waals surface area (Å²) in [5.41, 5.74) is 2.42. The number of unbranched alkanes of at least 4 members (excludes halogenated alkanes) is 7. The van der Waals surface area contributed by atoms with Crippen molar-refractivity contribution in [2.45, 2.75) is 77.4 Å². The lowest BCUT2D eigenvalue weighted by molar-refractivity contribution is -0.907. The molecule has 0 aliphatic heterocycles. The molecule has 30 heavy (non-hydrogen) atoms. The number of aliphatic hydroxyl groups is 1. The van der Waals surface area contributed by atoms with Crippen LogP contribution < -0.4 is 0 Å². The van der Waals surface area contributed by atoms with E-state index in [2.05, 4.69) is 63.5 Å². The van der Waals surface area contributed by atoms with Crippen molar-refractivity contribution in [1.82, 2.24) is 0 Å². The number of benzene rings is 2. The van der Waals surface area contributed by atoms with Crippen LogP contribution in [-0.2, 0) is 6.54 Å². The Balaban J connectivity index is 1.92. The van der Waals surface area contributed by atoms with E-state index >= 15 is 0 Å². The Hall–Kier alpha value is -1.64. The van der Waals surface area contributed by atoms with Gasteiger partial charge in [0.15, 0.2) is 0 Å². The third kappa shape index (κ3) is 9.45. The molecule has 0 heterocycles. The molecule has 0 aliphatic carbocycles. The zero-order valence-corrected chi connectivity index (χ0v) is 19.6. The molecule has 2 aromatic carbocycles. The summed E-state index contributed by atoms with van der Waals surface area (Å²) >= 11 is 0. The molecule has 2 nitrogen and oxygen atoms in total. The average Bonchev–Trinajstić information content (AvgIpc) is 2.75. The summed E-state index contributed by atoms with van der Waals surface area (Å²) in [5, 5.41) is 11.2. The first-order chi connectivity index (χ1) is 14.5. The third-order valence-electron chi connectivity index (χ3n) is 6.20. The van der Waals surface area contributed by atoms with Gasteiger partial charge in [0.1, 0.15) is 6.54 Å². The number of hydrogen-bond acceptors (Lipinski definition) is 1. The predicted molar refractivity (Wildman–Crippen MR) is 129 cm³/mol. The van der Waals surface area contributed by atoms with Crippen molar-refractivity contribution in [3.05, 3.63) is 71.8 Å². The highest BCUT2D eigenvalue weighted by atomic mass is 16.3. The van der Waals surface area contributed by atoms with Gasteiger partial charge in [-0.3, -0.25) is 0 Å². The minimum atomic E-state index is -0.385. The SMILES string of the molecule is CCCCCCCCCCC(C[N+](C)(C)Cc1ccccc1)C(O)c1ccccc1. The molecule has 2 unspecified atom stereocenters. The molecule has 2 atom stereocenters. The zero-order valence-electron chi connectivity index (χ0n) is 19.6. The molecule has 0 aliphatic rings. The largest absolute Gasteiger partial charge is 0.388 e. The Morgan fingerprint density at radius 2 is 1.27 bits per heavy atom. The highest BCUT2D eigenvalue weighted by Gasteiger charge is 2.28. The fourth-order valence-electron chi connectivity index (χ4n) is 4.59. The van der Waals surface area contributed by atoms with E-state index < -0.39 is 0 Å². The third-order valence-corrected chi connectivity index (χ3v) is 6.20. The molecule has 0 spiro atoms. The normalized spacial score (nSPS) is 13.9. The minimum Gasteiger partial charge on any atom is -0.388 e. The maximum absolute atomic E-state index is 11.2. The van der Waals surface area contributed by atoms with E-state index in [1.54, 1.807) is 0 Å². The molecular formula is C28H44NO+. The number of hydrogen-bond donors (Lipinski definition) is 1. The molecule has 0 amide bonds. The van der Waals surface area contributed by atoms with Gasteiger partial charge < -0.3 is 9.59 Å². The number of quaternary nitrogens is 1. The van der Waals surface area contributed by atoms with E-state index in [1.165, 1.54) is 56.9 Å². The van der Waals surface area contributed by atoms with Gasteiger partial charge in [0.2, 0.25) is 0 Å². The van der Waals surface area contributed by atoms with Crippen LogP contribution in [0.4, 0.5) is 0 Å². The van der Waals surface area contributed by atoms with Gasteiger partial charge in [-0.2, -0.15) is 0 Å². The zero-order chi connectivity index (χ0) is 21.7. The Bertz CT molecular complexity index is 668. The van der Waals surface area contributed by atoms with Crippen LogP contribution in [0.2, 0.25) is 0 Å². The second kappa shape index (κ2) is 13.6. The average molecular weight is 411 g/mol. The Kier molecular flexibility index (Phi) is 11.2. The van der Waals surface area contributed by atoms with Crippen molar-refractivity contribution in [2.24, 2.45) is 5.92 Å². The highest BCUT2D eigenvalue weighted by Crippen LogP contribution is 2.29. The van der Waals surface area contributed by atoms with Crippen LogP contribution in [-0.4, -0.2) is 30.2 Å². The lowest BCUT2D eigenvalue weighted by Gasteiger charge is -2.35. The summed E-state index contributed by atoms with van der Waals surface area (Å²) in [6, 6.07) is 21.0. The fraction of sp³-hybridized carbons (Fsp3) is 0.571. The van der Waals surface area contributed by atoms with Crippen LogP contribution >= 0.6 is 0 Å². The van der Waals surface area contributed by atoms with Crippen molar-refractivity contribution < 1.29 is 9.59 Å². The van der Waals surface area contributed by atoms with Crippen LogP contribution in [0.15, 0.2) is 60.7 Å². The second-order valence-electron chi connectivity index (χ2n) is 9.64. The van der Waals surface area contributed by atoms with Crippen molar-refractivity contribution in [1.29, 1.82) is 0 Å². The van der Waals surface area contributed by atoms with Gasteiger partial charge in [-0.05, 0) is 12.0 Å². The maximum atomic E-state index is 11.2. The summed E-state index contributed by atoms with van der Waals surface area (Å²) in [6.45, 7) is 4.26. The number of aliphatic hydroxyl groups excluding tert-OH is 1. The summed E-state index contributed by atoms with van der Waals surface area (Å²) in [6.07, 6.45) is 11.4. The van der Waals surface area contributed by atoms with Crippen molar-refractivity contribution in [3.8, 4) is 0 Å². The Morgan fingerprint density at radius 3 is 1.87 bits per heavy atom. The number of rotatable bonds is 15. The lowest BCUT2D eigenvalue weighted by Crippen LogP contribution is -2.44. The first-order valence-corrected chi connectivity index (χ1v) is 12.1. The molecule has 2 heteroatoms. The van der Waals surface area contributed by atoms with Crippen LogP contribution in [0.25, 0.3) is 0 Å². The van der Waals surface area contributed by atoms with Gasteiger partial charge in [0.05, 0.1) is 26.7 Å². The van der Waals surface area contributed by atoms with E-state index in [1.807, 2.05) is 18.2 Å². The molecule has 0 saturated carbocycles.